The molecule has 2 aliphatic heterocycles. The molecule has 11 nitrogen and oxygen atoms in total. The summed E-state index contributed by atoms with van der Waals surface area (Å²) in [4.78, 5) is 43.9. The summed E-state index contributed by atoms with van der Waals surface area (Å²) in [6, 6.07) is 5.97. The fraction of sp³-hybridized carbons (Fsp3) is 0.500. The molecule has 0 radical (unpaired) electrons. The highest BCUT2D eigenvalue weighted by Crippen LogP contribution is 2.36. The third-order valence-corrected chi connectivity index (χ3v) is 8.62. The van der Waals surface area contributed by atoms with E-state index in [0.717, 1.165) is 30.6 Å². The average Bonchev–Trinajstić information content (AvgIpc) is 2.99. The molecule has 244 valence electrons. The van der Waals surface area contributed by atoms with Gasteiger partial charge in [-0.05, 0) is 50.6 Å². The summed E-state index contributed by atoms with van der Waals surface area (Å²) in [5.74, 6) is 0.392. The summed E-state index contributed by atoms with van der Waals surface area (Å²) in [7, 11) is 0. The van der Waals surface area contributed by atoms with Gasteiger partial charge in [0.25, 0.3) is 5.56 Å². The van der Waals surface area contributed by atoms with E-state index >= 15 is 0 Å². The number of aromatic nitrogens is 4. The number of halogens is 3. The number of carbonyl (C=O) groups is 1. The van der Waals surface area contributed by atoms with Crippen LogP contribution in [0.15, 0.2) is 41.8 Å². The molecule has 0 N–H and O–H groups in total. The zero-order valence-corrected chi connectivity index (χ0v) is 26.3. The van der Waals surface area contributed by atoms with Crippen molar-refractivity contribution in [2.45, 2.75) is 58.3 Å². The van der Waals surface area contributed by atoms with Crippen molar-refractivity contribution in [2.75, 3.05) is 55.6 Å². The van der Waals surface area contributed by atoms with E-state index in [-0.39, 0.29) is 53.6 Å². The minimum atomic E-state index is -4.72. The number of aryl methyl sites for hydroxylation is 1. The standard InChI is InChI=1S/C32H38F3N9O2/c1-5-13-40(14-6-2)23-19-42(20-23)31-38-28-24(29(39-31)41-15-16-43(26(45)7-3)22(18-41)11-12-36)17-37-44(30(28)46)25-10-8-9-21(4)27(25)32(33,34)35/h7-10,17,22-23H,3,5-6,11,13-16,18-20H2,1-2,4H3/t22-/m0/s1. The largest absolute Gasteiger partial charge is 0.418 e. The minimum absolute atomic E-state index is 0.0336. The number of carbonyl (C=O) groups excluding carboxylic acids is 1. The van der Waals surface area contributed by atoms with Crippen molar-refractivity contribution < 1.29 is 18.0 Å². The maximum Gasteiger partial charge on any atom is 0.418 e. The lowest BCUT2D eigenvalue weighted by Gasteiger charge is -2.46. The molecule has 1 atom stereocenters. The second kappa shape index (κ2) is 13.5. The molecule has 2 saturated heterocycles. The number of hydrogen-bond acceptors (Lipinski definition) is 9. The van der Waals surface area contributed by atoms with Crippen LogP contribution < -0.4 is 15.4 Å². The van der Waals surface area contributed by atoms with E-state index < -0.39 is 23.3 Å². The van der Waals surface area contributed by atoms with E-state index in [1.54, 1.807) is 4.90 Å². The first-order valence-corrected chi connectivity index (χ1v) is 15.5. The molecule has 2 aliphatic rings. The highest BCUT2D eigenvalue weighted by molar-refractivity contribution is 5.90. The molecular weight excluding hydrogens is 599 g/mol. The summed E-state index contributed by atoms with van der Waals surface area (Å²) >= 11 is 0. The van der Waals surface area contributed by atoms with Gasteiger partial charge in [-0.1, -0.05) is 32.6 Å². The van der Waals surface area contributed by atoms with E-state index in [9.17, 15) is 28.0 Å². The first kappa shape index (κ1) is 32.9. The Morgan fingerprint density at radius 3 is 2.48 bits per heavy atom. The lowest BCUT2D eigenvalue weighted by molar-refractivity contribution is -0.138. The number of benzene rings is 1. The molecule has 0 spiro atoms. The van der Waals surface area contributed by atoms with E-state index in [0.29, 0.717) is 31.4 Å². The molecule has 14 heteroatoms. The molecule has 5 rings (SSSR count). The number of piperazine rings is 1. The van der Waals surface area contributed by atoms with Gasteiger partial charge >= 0.3 is 6.18 Å². The molecule has 3 aromatic rings. The summed E-state index contributed by atoms with van der Waals surface area (Å²) in [5.41, 5.74) is -2.23. The van der Waals surface area contributed by atoms with Crippen LogP contribution in [0.5, 0.6) is 0 Å². The van der Waals surface area contributed by atoms with E-state index in [2.05, 4.69) is 41.5 Å². The smallest absolute Gasteiger partial charge is 0.352 e. The number of fused-ring (bicyclic) bond motifs is 1. The minimum Gasteiger partial charge on any atom is -0.352 e. The molecule has 0 aliphatic carbocycles. The fourth-order valence-electron chi connectivity index (χ4n) is 6.38. The molecule has 4 heterocycles. The second-order valence-corrected chi connectivity index (χ2v) is 11.7. The maximum absolute atomic E-state index is 14.2. The maximum atomic E-state index is 14.2. The predicted octanol–water partition coefficient (Wildman–Crippen LogP) is 3.93. The van der Waals surface area contributed by atoms with Crippen LogP contribution in [0.2, 0.25) is 0 Å². The van der Waals surface area contributed by atoms with Crippen LogP contribution in [0.3, 0.4) is 0 Å². The Kier molecular flexibility index (Phi) is 9.62. The van der Waals surface area contributed by atoms with Gasteiger partial charge in [-0.15, -0.1) is 0 Å². The quantitative estimate of drug-likeness (QED) is 0.305. The van der Waals surface area contributed by atoms with Crippen molar-refractivity contribution in [1.82, 2.24) is 29.5 Å². The van der Waals surface area contributed by atoms with Gasteiger partial charge in [0.2, 0.25) is 11.9 Å². The van der Waals surface area contributed by atoms with Gasteiger partial charge in [-0.25, -0.2) is 4.98 Å². The molecule has 2 aromatic heterocycles. The zero-order valence-electron chi connectivity index (χ0n) is 26.3. The summed E-state index contributed by atoms with van der Waals surface area (Å²) in [6.07, 6.45) is -0.0745. The molecule has 1 aromatic carbocycles. The van der Waals surface area contributed by atoms with Crippen LogP contribution in [0.4, 0.5) is 24.9 Å². The van der Waals surface area contributed by atoms with Crippen molar-refractivity contribution in [3.63, 3.8) is 0 Å². The monoisotopic (exact) mass is 637 g/mol. The Labute approximate surface area is 265 Å². The lowest BCUT2D eigenvalue weighted by Crippen LogP contribution is -2.60. The Morgan fingerprint density at radius 2 is 1.85 bits per heavy atom. The lowest BCUT2D eigenvalue weighted by atomic mass is 10.1. The van der Waals surface area contributed by atoms with E-state index in [1.807, 2.05) is 9.80 Å². The summed E-state index contributed by atoms with van der Waals surface area (Å²) in [6.45, 7) is 13.3. The van der Waals surface area contributed by atoms with Crippen LogP contribution in [-0.2, 0) is 11.0 Å². The van der Waals surface area contributed by atoms with Crippen molar-refractivity contribution >= 4 is 28.6 Å². The van der Waals surface area contributed by atoms with Gasteiger partial charge in [0, 0.05) is 38.8 Å². The van der Waals surface area contributed by atoms with Gasteiger partial charge in [-0.3, -0.25) is 14.5 Å². The van der Waals surface area contributed by atoms with Crippen molar-refractivity contribution in [2.24, 2.45) is 0 Å². The number of nitriles is 1. The molecule has 0 unspecified atom stereocenters. The van der Waals surface area contributed by atoms with Gasteiger partial charge in [0.1, 0.15) is 11.3 Å². The third-order valence-electron chi connectivity index (χ3n) is 8.62. The molecule has 0 saturated carbocycles. The van der Waals surface area contributed by atoms with Crippen molar-refractivity contribution in [3.8, 4) is 11.8 Å². The normalized spacial score (nSPS) is 17.3. The van der Waals surface area contributed by atoms with Gasteiger partial charge in [0.15, 0.2) is 0 Å². The number of amides is 1. The number of rotatable bonds is 10. The summed E-state index contributed by atoms with van der Waals surface area (Å²) in [5, 5.41) is 14.0. The molecule has 46 heavy (non-hydrogen) atoms. The highest BCUT2D eigenvalue weighted by atomic mass is 19.4. The van der Waals surface area contributed by atoms with Crippen molar-refractivity contribution in [1.29, 1.82) is 5.26 Å². The summed E-state index contributed by atoms with van der Waals surface area (Å²) < 4.78 is 43.2. The van der Waals surface area contributed by atoms with E-state index in [4.69, 9.17) is 4.98 Å². The predicted molar refractivity (Wildman–Crippen MR) is 169 cm³/mol. The van der Waals surface area contributed by atoms with Crippen LogP contribution in [0, 0.1) is 18.3 Å². The number of nitrogens with zero attached hydrogens (tertiary/aromatic N) is 9. The number of anilines is 2. The van der Waals surface area contributed by atoms with Crippen LogP contribution in [0.25, 0.3) is 16.6 Å². The molecular formula is C32H38F3N9O2. The van der Waals surface area contributed by atoms with Gasteiger partial charge in [-0.2, -0.15) is 33.2 Å². The zero-order chi connectivity index (χ0) is 33.2. The molecule has 2 fully saturated rings. The Morgan fingerprint density at radius 1 is 1.13 bits per heavy atom. The Hall–Kier alpha value is -4.51. The van der Waals surface area contributed by atoms with Crippen LogP contribution in [-0.4, -0.2) is 93.4 Å². The van der Waals surface area contributed by atoms with Gasteiger partial charge in [0.05, 0.1) is 41.4 Å². The first-order valence-electron chi connectivity index (χ1n) is 15.5. The van der Waals surface area contributed by atoms with E-state index in [1.165, 1.54) is 37.4 Å². The number of hydrogen-bond donors (Lipinski definition) is 0. The van der Waals surface area contributed by atoms with Crippen molar-refractivity contribution in [3.05, 3.63) is 58.5 Å². The fourth-order valence-corrected chi connectivity index (χ4v) is 6.38. The average molecular weight is 638 g/mol. The topological polar surface area (TPSA) is 114 Å². The van der Waals surface area contributed by atoms with Crippen LogP contribution >= 0.6 is 0 Å². The third kappa shape index (κ3) is 6.28. The van der Waals surface area contributed by atoms with Crippen LogP contribution in [0.1, 0.15) is 44.2 Å². The molecule has 0 bridgehead atoms. The van der Waals surface area contributed by atoms with Gasteiger partial charge < -0.3 is 14.7 Å². The highest BCUT2D eigenvalue weighted by Gasteiger charge is 2.38. The number of alkyl halides is 3. The SMILES string of the molecule is C=CC(=O)N1CCN(c2nc(N3CC(N(CCC)CCC)C3)nc3c(=O)n(-c4cccc(C)c4C(F)(F)F)ncc23)C[C@@H]1CC#N. The molecule has 1 amide bonds. The second-order valence-electron chi connectivity index (χ2n) is 11.7. The first-order chi connectivity index (χ1) is 22.0. The Balaban J connectivity index is 1.62. The Bertz CT molecular complexity index is 1710.